The van der Waals surface area contributed by atoms with Crippen LogP contribution in [0.2, 0.25) is 0 Å². The van der Waals surface area contributed by atoms with Gasteiger partial charge in [0.05, 0.1) is 6.61 Å². The number of aliphatic hydroxyl groups is 1. The van der Waals surface area contributed by atoms with Crippen molar-refractivity contribution in [1.82, 2.24) is 15.1 Å². The smallest absolute Gasteiger partial charge is 0.0558 e. The Hall–Kier alpha value is -0.160. The van der Waals surface area contributed by atoms with E-state index in [4.69, 9.17) is 5.11 Å². The Labute approximate surface area is 105 Å². The van der Waals surface area contributed by atoms with Crippen LogP contribution in [0.4, 0.5) is 0 Å². The molecular weight excluding hydrogens is 214 g/mol. The predicted molar refractivity (Wildman–Crippen MR) is 70.2 cm³/mol. The zero-order chi connectivity index (χ0) is 11.9. The number of hydrogen-bond donors (Lipinski definition) is 2. The quantitative estimate of drug-likeness (QED) is 0.717. The number of hydrogen-bond acceptors (Lipinski definition) is 4. The average Bonchev–Trinajstić information content (AvgIpc) is 2.40. The first-order chi connectivity index (χ1) is 8.38. The number of nitrogens with one attached hydrogen (secondary N) is 1. The summed E-state index contributed by atoms with van der Waals surface area (Å²) in [7, 11) is 0. The summed E-state index contributed by atoms with van der Waals surface area (Å²) in [4.78, 5) is 4.93. The normalized spacial score (nSPS) is 28.4. The number of nitrogens with zero attached hydrogens (tertiary/aromatic N) is 2. The molecule has 0 amide bonds. The fraction of sp³-hybridized carbons (Fsp3) is 1.00. The highest BCUT2D eigenvalue weighted by Gasteiger charge is 2.18. The number of piperazine rings is 1. The molecule has 2 fully saturated rings. The molecule has 1 unspecified atom stereocenters. The molecule has 2 aliphatic heterocycles. The van der Waals surface area contributed by atoms with Gasteiger partial charge in [0, 0.05) is 38.8 Å². The first kappa shape index (κ1) is 13.3. The summed E-state index contributed by atoms with van der Waals surface area (Å²) < 4.78 is 0. The molecule has 0 bridgehead atoms. The van der Waals surface area contributed by atoms with Gasteiger partial charge in [-0.15, -0.1) is 0 Å². The van der Waals surface area contributed by atoms with Gasteiger partial charge < -0.3 is 15.3 Å². The van der Waals surface area contributed by atoms with Gasteiger partial charge in [0.2, 0.25) is 0 Å². The van der Waals surface area contributed by atoms with E-state index in [1.54, 1.807) is 0 Å². The highest BCUT2D eigenvalue weighted by molar-refractivity contribution is 4.76. The van der Waals surface area contributed by atoms with Crippen molar-refractivity contribution in [2.45, 2.75) is 31.7 Å². The second kappa shape index (κ2) is 7.31. The summed E-state index contributed by atoms with van der Waals surface area (Å²) in [6.45, 7) is 8.19. The summed E-state index contributed by atoms with van der Waals surface area (Å²) in [6.07, 6.45) is 5.43. The summed E-state index contributed by atoms with van der Waals surface area (Å²) >= 11 is 0. The molecule has 100 valence electrons. The third-order valence-electron chi connectivity index (χ3n) is 4.09. The average molecular weight is 241 g/mol. The topological polar surface area (TPSA) is 38.7 Å². The minimum Gasteiger partial charge on any atom is -0.395 e. The highest BCUT2D eigenvalue weighted by Crippen LogP contribution is 2.11. The molecule has 1 atom stereocenters. The molecule has 0 saturated carbocycles. The van der Waals surface area contributed by atoms with Crippen molar-refractivity contribution in [3.8, 4) is 0 Å². The van der Waals surface area contributed by atoms with Crippen molar-refractivity contribution in [1.29, 1.82) is 0 Å². The number of β-amino-alcohol motifs (C(OH)–C–C–N with tert-alkyl or cyclic N) is 1. The zero-order valence-corrected chi connectivity index (χ0v) is 10.9. The van der Waals surface area contributed by atoms with Crippen molar-refractivity contribution in [2.24, 2.45) is 0 Å². The van der Waals surface area contributed by atoms with E-state index in [1.807, 2.05) is 0 Å². The summed E-state index contributed by atoms with van der Waals surface area (Å²) in [6, 6.07) is 0.763. The van der Waals surface area contributed by atoms with E-state index < -0.39 is 0 Å². The van der Waals surface area contributed by atoms with Crippen LogP contribution in [-0.4, -0.2) is 73.4 Å². The van der Waals surface area contributed by atoms with Crippen molar-refractivity contribution in [3.63, 3.8) is 0 Å². The maximum Gasteiger partial charge on any atom is 0.0558 e. The zero-order valence-electron chi connectivity index (χ0n) is 10.9. The molecule has 0 radical (unpaired) electrons. The molecule has 0 aromatic carbocycles. The molecule has 2 heterocycles. The standard InChI is InChI=1S/C13H27N3O/c17-12-11-16-9-7-15(8-10-16)6-4-13-3-1-2-5-14-13/h13-14,17H,1-12H2. The molecule has 0 spiro atoms. The Morgan fingerprint density at radius 1 is 1.00 bits per heavy atom. The summed E-state index contributed by atoms with van der Waals surface area (Å²) in [5.41, 5.74) is 0. The van der Waals surface area contributed by atoms with Crippen LogP contribution in [0.25, 0.3) is 0 Å². The monoisotopic (exact) mass is 241 g/mol. The molecule has 0 aromatic rings. The minimum atomic E-state index is 0.298. The maximum atomic E-state index is 8.89. The molecule has 4 heteroatoms. The van der Waals surface area contributed by atoms with Crippen molar-refractivity contribution >= 4 is 0 Å². The molecule has 17 heavy (non-hydrogen) atoms. The second-order valence-corrected chi connectivity index (χ2v) is 5.34. The van der Waals surface area contributed by atoms with Gasteiger partial charge in [0.1, 0.15) is 0 Å². The molecule has 4 nitrogen and oxygen atoms in total. The van der Waals surface area contributed by atoms with E-state index in [-0.39, 0.29) is 0 Å². The van der Waals surface area contributed by atoms with Crippen LogP contribution in [0.1, 0.15) is 25.7 Å². The molecule has 0 aliphatic carbocycles. The van der Waals surface area contributed by atoms with E-state index in [0.29, 0.717) is 6.61 Å². The Morgan fingerprint density at radius 2 is 1.71 bits per heavy atom. The van der Waals surface area contributed by atoms with Gasteiger partial charge in [-0.25, -0.2) is 0 Å². The summed E-state index contributed by atoms with van der Waals surface area (Å²) in [5, 5.41) is 12.5. The number of rotatable bonds is 5. The van der Waals surface area contributed by atoms with Crippen LogP contribution in [-0.2, 0) is 0 Å². The van der Waals surface area contributed by atoms with Gasteiger partial charge in [-0.1, -0.05) is 6.42 Å². The molecule has 2 saturated heterocycles. The van der Waals surface area contributed by atoms with Crippen LogP contribution in [0, 0.1) is 0 Å². The van der Waals surface area contributed by atoms with Crippen LogP contribution < -0.4 is 5.32 Å². The third kappa shape index (κ3) is 4.54. The van der Waals surface area contributed by atoms with Gasteiger partial charge in [-0.3, -0.25) is 4.90 Å². The second-order valence-electron chi connectivity index (χ2n) is 5.34. The Kier molecular flexibility index (Phi) is 5.71. The molecule has 2 N–H and O–H groups in total. The van der Waals surface area contributed by atoms with E-state index >= 15 is 0 Å². The highest BCUT2D eigenvalue weighted by atomic mass is 16.3. The predicted octanol–water partition coefficient (Wildman–Crippen LogP) is 0.129. The van der Waals surface area contributed by atoms with Crippen LogP contribution >= 0.6 is 0 Å². The Bertz CT molecular complexity index is 199. The van der Waals surface area contributed by atoms with Crippen LogP contribution in [0.15, 0.2) is 0 Å². The van der Waals surface area contributed by atoms with Gasteiger partial charge in [-0.05, 0) is 32.4 Å². The lowest BCUT2D eigenvalue weighted by Crippen LogP contribution is -2.48. The first-order valence-corrected chi connectivity index (χ1v) is 7.17. The van der Waals surface area contributed by atoms with Crippen LogP contribution in [0.5, 0.6) is 0 Å². The molecule has 2 aliphatic rings. The fourth-order valence-electron chi connectivity index (χ4n) is 2.89. The van der Waals surface area contributed by atoms with Crippen molar-refractivity contribution in [2.75, 3.05) is 52.4 Å². The lowest BCUT2D eigenvalue weighted by molar-refractivity contribution is 0.109. The number of aliphatic hydroxyl groups excluding tert-OH is 1. The van der Waals surface area contributed by atoms with E-state index in [0.717, 1.165) is 25.7 Å². The fourth-order valence-corrected chi connectivity index (χ4v) is 2.89. The van der Waals surface area contributed by atoms with E-state index in [1.165, 1.54) is 51.9 Å². The lowest BCUT2D eigenvalue weighted by atomic mass is 10.0. The molecule has 0 aromatic heterocycles. The van der Waals surface area contributed by atoms with Gasteiger partial charge >= 0.3 is 0 Å². The maximum absolute atomic E-state index is 8.89. The third-order valence-corrected chi connectivity index (χ3v) is 4.09. The van der Waals surface area contributed by atoms with E-state index in [9.17, 15) is 0 Å². The largest absolute Gasteiger partial charge is 0.395 e. The molecular formula is C13H27N3O. The van der Waals surface area contributed by atoms with E-state index in [2.05, 4.69) is 15.1 Å². The van der Waals surface area contributed by atoms with Crippen molar-refractivity contribution < 1.29 is 5.11 Å². The van der Waals surface area contributed by atoms with Gasteiger partial charge in [0.15, 0.2) is 0 Å². The Balaban J connectivity index is 1.57. The molecule has 2 rings (SSSR count). The van der Waals surface area contributed by atoms with Gasteiger partial charge in [0.25, 0.3) is 0 Å². The Morgan fingerprint density at radius 3 is 2.29 bits per heavy atom. The summed E-state index contributed by atoms with van der Waals surface area (Å²) in [5.74, 6) is 0. The van der Waals surface area contributed by atoms with Gasteiger partial charge in [-0.2, -0.15) is 0 Å². The van der Waals surface area contributed by atoms with Crippen molar-refractivity contribution in [3.05, 3.63) is 0 Å². The number of piperidine rings is 1. The first-order valence-electron chi connectivity index (χ1n) is 7.17. The minimum absolute atomic E-state index is 0.298. The SMILES string of the molecule is OCCN1CCN(CCC2CCCCN2)CC1. The van der Waals surface area contributed by atoms with Crippen LogP contribution in [0.3, 0.4) is 0 Å². The lowest BCUT2D eigenvalue weighted by Gasteiger charge is -2.35.